The van der Waals surface area contributed by atoms with E-state index in [1.807, 2.05) is 0 Å². The van der Waals surface area contributed by atoms with Crippen LogP contribution in [-0.4, -0.2) is 25.2 Å². The first kappa shape index (κ1) is 14.2. The number of sulfonamides is 1. The number of aliphatic carboxylic acids is 1. The van der Waals surface area contributed by atoms with E-state index in [0.717, 1.165) is 0 Å². The van der Waals surface area contributed by atoms with Gasteiger partial charge in [-0.1, -0.05) is 18.2 Å². The highest BCUT2D eigenvalue weighted by atomic mass is 32.2. The molecule has 0 fully saturated rings. The van der Waals surface area contributed by atoms with Gasteiger partial charge >= 0.3 is 5.97 Å². The maximum absolute atomic E-state index is 11.6. The van der Waals surface area contributed by atoms with Crippen LogP contribution >= 0.6 is 0 Å². The second-order valence-corrected chi connectivity index (χ2v) is 5.61. The van der Waals surface area contributed by atoms with Gasteiger partial charge in [-0.25, -0.2) is 8.42 Å². The minimum atomic E-state index is -3.41. The fraction of sp³-hybridized carbons (Fsp3) is 0.250. The van der Waals surface area contributed by atoms with Crippen LogP contribution in [0.25, 0.3) is 0 Å². The molecule has 1 aromatic rings. The molecule has 0 amide bonds. The summed E-state index contributed by atoms with van der Waals surface area (Å²) in [6.07, 6.45) is 1.76. The van der Waals surface area contributed by atoms with Crippen molar-refractivity contribution >= 4 is 21.7 Å². The summed E-state index contributed by atoms with van der Waals surface area (Å²) in [5.41, 5.74) is 0.921. The molecular weight excluding hydrogens is 254 g/mol. The molecule has 0 saturated heterocycles. The largest absolute Gasteiger partial charge is 0.481 e. The summed E-state index contributed by atoms with van der Waals surface area (Å²) in [6.45, 7) is 3.46. The number of rotatable bonds is 7. The van der Waals surface area contributed by atoms with E-state index in [2.05, 4.69) is 11.3 Å². The molecule has 0 unspecified atom stereocenters. The normalized spacial score (nSPS) is 10.9. The summed E-state index contributed by atoms with van der Waals surface area (Å²) >= 11 is 0. The van der Waals surface area contributed by atoms with Gasteiger partial charge in [0, 0.05) is 5.69 Å². The third-order valence-electron chi connectivity index (χ3n) is 2.15. The summed E-state index contributed by atoms with van der Waals surface area (Å²) in [5, 5.41) is 8.66. The maximum Gasteiger partial charge on any atom is 0.307 e. The van der Waals surface area contributed by atoms with Crippen LogP contribution in [0.3, 0.4) is 0 Å². The lowest BCUT2D eigenvalue weighted by Crippen LogP contribution is -2.16. The van der Waals surface area contributed by atoms with Gasteiger partial charge in [-0.2, -0.15) is 0 Å². The van der Waals surface area contributed by atoms with Gasteiger partial charge < -0.3 is 5.11 Å². The highest BCUT2D eigenvalue weighted by Gasteiger charge is 2.09. The Labute approximate surface area is 106 Å². The number of hydrogen-bond acceptors (Lipinski definition) is 3. The fourth-order valence-corrected chi connectivity index (χ4v) is 2.45. The lowest BCUT2D eigenvalue weighted by Gasteiger charge is -2.08. The average molecular weight is 269 g/mol. The van der Waals surface area contributed by atoms with Crippen molar-refractivity contribution in [3.05, 3.63) is 42.5 Å². The summed E-state index contributed by atoms with van der Waals surface area (Å²) < 4.78 is 25.6. The molecule has 0 atom stereocenters. The van der Waals surface area contributed by atoms with E-state index in [0.29, 0.717) is 17.7 Å². The Bertz CT molecular complexity index is 537. The number of carbonyl (C=O) groups is 1. The Morgan fingerprint density at radius 2 is 2.17 bits per heavy atom. The van der Waals surface area contributed by atoms with Gasteiger partial charge in [0.25, 0.3) is 0 Å². The maximum atomic E-state index is 11.6. The third kappa shape index (κ3) is 5.01. The Morgan fingerprint density at radius 1 is 1.44 bits per heavy atom. The van der Waals surface area contributed by atoms with E-state index in [9.17, 15) is 13.2 Å². The zero-order valence-electron chi connectivity index (χ0n) is 9.80. The van der Waals surface area contributed by atoms with Crippen molar-refractivity contribution in [1.82, 2.24) is 0 Å². The van der Waals surface area contributed by atoms with Crippen LogP contribution in [0, 0.1) is 0 Å². The predicted octanol–water partition coefficient (Wildman–Crippen LogP) is 1.63. The molecular formula is C12H15NO4S. The van der Waals surface area contributed by atoms with Gasteiger partial charge in [-0.05, 0) is 24.1 Å². The smallest absolute Gasteiger partial charge is 0.307 e. The summed E-state index contributed by atoms with van der Waals surface area (Å²) in [6, 6.07) is 6.34. The number of anilines is 1. The van der Waals surface area contributed by atoms with Crippen molar-refractivity contribution in [1.29, 1.82) is 0 Å². The van der Waals surface area contributed by atoms with Gasteiger partial charge in [0.05, 0.1) is 12.2 Å². The molecule has 2 N–H and O–H groups in total. The second-order valence-electron chi connectivity index (χ2n) is 3.77. The first-order chi connectivity index (χ1) is 8.43. The van der Waals surface area contributed by atoms with Gasteiger partial charge in [-0.15, -0.1) is 6.58 Å². The van der Waals surface area contributed by atoms with E-state index in [1.54, 1.807) is 18.2 Å². The number of carboxylic acid groups (broad SMARTS) is 1. The standard InChI is InChI=1S/C12H15NO4S/c1-2-3-7-18(16,17)13-11-6-4-5-10(8-11)9-12(14)15/h2,4-6,8,13H,1,3,7,9H2,(H,14,15). The number of carboxylic acids is 1. The molecule has 0 heterocycles. The number of benzene rings is 1. The Hall–Kier alpha value is -1.82. The molecule has 0 aromatic heterocycles. The summed E-state index contributed by atoms with van der Waals surface area (Å²) in [5.74, 6) is -0.999. The molecule has 98 valence electrons. The van der Waals surface area contributed by atoms with Crippen LogP contribution < -0.4 is 4.72 Å². The highest BCUT2D eigenvalue weighted by Crippen LogP contribution is 2.13. The van der Waals surface area contributed by atoms with Crippen LogP contribution in [0.1, 0.15) is 12.0 Å². The first-order valence-electron chi connectivity index (χ1n) is 5.35. The van der Waals surface area contributed by atoms with E-state index in [1.165, 1.54) is 12.1 Å². The molecule has 0 spiro atoms. The van der Waals surface area contributed by atoms with Crippen molar-refractivity contribution < 1.29 is 18.3 Å². The Kier molecular flexibility index (Phi) is 4.91. The van der Waals surface area contributed by atoms with Crippen molar-refractivity contribution in [2.75, 3.05) is 10.5 Å². The Morgan fingerprint density at radius 3 is 2.78 bits per heavy atom. The van der Waals surface area contributed by atoms with Crippen molar-refractivity contribution in [2.45, 2.75) is 12.8 Å². The number of allylic oxidation sites excluding steroid dienone is 1. The van der Waals surface area contributed by atoms with E-state index >= 15 is 0 Å². The lowest BCUT2D eigenvalue weighted by molar-refractivity contribution is -0.136. The lowest BCUT2D eigenvalue weighted by atomic mass is 10.1. The average Bonchev–Trinajstić information content (AvgIpc) is 2.25. The van der Waals surface area contributed by atoms with Crippen molar-refractivity contribution in [3.8, 4) is 0 Å². The zero-order valence-corrected chi connectivity index (χ0v) is 10.6. The molecule has 0 aliphatic rings. The molecule has 1 rings (SSSR count). The van der Waals surface area contributed by atoms with E-state index in [-0.39, 0.29) is 12.2 Å². The minimum Gasteiger partial charge on any atom is -0.481 e. The molecule has 0 radical (unpaired) electrons. The van der Waals surface area contributed by atoms with Crippen LogP contribution in [0.5, 0.6) is 0 Å². The van der Waals surface area contributed by atoms with Crippen LogP contribution in [0.4, 0.5) is 5.69 Å². The second kappa shape index (κ2) is 6.20. The molecule has 0 aliphatic heterocycles. The molecule has 0 bridgehead atoms. The van der Waals surface area contributed by atoms with E-state index in [4.69, 9.17) is 5.11 Å². The number of hydrogen-bond donors (Lipinski definition) is 2. The van der Waals surface area contributed by atoms with Gasteiger partial charge in [-0.3, -0.25) is 9.52 Å². The fourth-order valence-electron chi connectivity index (χ4n) is 1.39. The van der Waals surface area contributed by atoms with Crippen molar-refractivity contribution in [3.63, 3.8) is 0 Å². The number of nitrogens with one attached hydrogen (secondary N) is 1. The van der Waals surface area contributed by atoms with Gasteiger partial charge in [0.1, 0.15) is 0 Å². The van der Waals surface area contributed by atoms with Gasteiger partial charge in [0.15, 0.2) is 0 Å². The predicted molar refractivity (Wildman–Crippen MR) is 70.0 cm³/mol. The molecule has 0 saturated carbocycles. The molecule has 18 heavy (non-hydrogen) atoms. The highest BCUT2D eigenvalue weighted by molar-refractivity contribution is 7.92. The monoisotopic (exact) mass is 269 g/mol. The van der Waals surface area contributed by atoms with Crippen LogP contribution in [-0.2, 0) is 21.2 Å². The molecule has 6 heteroatoms. The SMILES string of the molecule is C=CCCS(=O)(=O)Nc1cccc(CC(=O)O)c1. The van der Waals surface area contributed by atoms with Crippen LogP contribution in [0.2, 0.25) is 0 Å². The zero-order chi connectivity index (χ0) is 13.6. The summed E-state index contributed by atoms with van der Waals surface area (Å²) in [4.78, 5) is 10.6. The molecule has 5 nitrogen and oxygen atoms in total. The minimum absolute atomic E-state index is 0.0420. The summed E-state index contributed by atoms with van der Waals surface area (Å²) in [7, 11) is -3.41. The van der Waals surface area contributed by atoms with Crippen LogP contribution in [0.15, 0.2) is 36.9 Å². The topological polar surface area (TPSA) is 83.5 Å². The molecule has 1 aromatic carbocycles. The van der Waals surface area contributed by atoms with Crippen molar-refractivity contribution in [2.24, 2.45) is 0 Å². The first-order valence-corrected chi connectivity index (χ1v) is 7.00. The molecule has 0 aliphatic carbocycles. The quantitative estimate of drug-likeness (QED) is 0.737. The van der Waals surface area contributed by atoms with Gasteiger partial charge in [0.2, 0.25) is 10.0 Å². The Balaban J connectivity index is 2.78. The third-order valence-corrected chi connectivity index (χ3v) is 3.47. The van der Waals surface area contributed by atoms with E-state index < -0.39 is 16.0 Å².